The van der Waals surface area contributed by atoms with E-state index in [0.29, 0.717) is 11.5 Å². The minimum absolute atomic E-state index is 0.117. The normalized spacial score (nSPS) is 13.4. The Morgan fingerprint density at radius 1 is 0.545 bits per heavy atom. The van der Waals surface area contributed by atoms with Gasteiger partial charge in [-0.15, -0.1) is 11.3 Å². The van der Waals surface area contributed by atoms with Crippen LogP contribution < -0.4 is 0 Å². The van der Waals surface area contributed by atoms with E-state index in [1.807, 2.05) is 23.6 Å². The molecular formula is C50H32N4S. The maximum Gasteiger partial charge on any atom is 0.163 e. The van der Waals surface area contributed by atoms with Crippen molar-refractivity contribution in [3.63, 3.8) is 0 Å². The lowest BCUT2D eigenvalue weighted by Crippen LogP contribution is -2.15. The molecule has 4 aromatic heterocycles. The molecule has 0 N–H and O–H groups in total. The molecule has 5 heteroatoms. The second-order valence-electron chi connectivity index (χ2n) is 15.2. The summed E-state index contributed by atoms with van der Waals surface area (Å²) >= 11 is 1.89. The van der Waals surface area contributed by atoms with Crippen LogP contribution in [0.25, 0.3) is 103 Å². The Kier molecular flexibility index (Phi) is 6.24. The van der Waals surface area contributed by atoms with Gasteiger partial charge in [0, 0.05) is 70.1 Å². The van der Waals surface area contributed by atoms with Crippen LogP contribution in [0.2, 0.25) is 0 Å². The maximum absolute atomic E-state index is 5.37. The van der Waals surface area contributed by atoms with Crippen molar-refractivity contribution in [1.29, 1.82) is 0 Å². The van der Waals surface area contributed by atoms with Crippen LogP contribution in [0.3, 0.4) is 0 Å². The van der Waals surface area contributed by atoms with Gasteiger partial charge in [-0.05, 0) is 70.1 Å². The molecule has 0 spiro atoms. The smallest absolute Gasteiger partial charge is 0.163 e. The quantitative estimate of drug-likeness (QED) is 0.182. The van der Waals surface area contributed by atoms with E-state index in [4.69, 9.17) is 15.0 Å². The van der Waals surface area contributed by atoms with Gasteiger partial charge in [0.05, 0.1) is 16.7 Å². The van der Waals surface area contributed by atoms with Crippen molar-refractivity contribution < 1.29 is 0 Å². The van der Waals surface area contributed by atoms with Gasteiger partial charge in [0.1, 0.15) is 0 Å². The molecule has 4 nitrogen and oxygen atoms in total. The van der Waals surface area contributed by atoms with Crippen molar-refractivity contribution in [1.82, 2.24) is 19.5 Å². The number of hydrogen-bond acceptors (Lipinski definition) is 4. The molecule has 0 bridgehead atoms. The van der Waals surface area contributed by atoms with E-state index in [0.717, 1.165) is 27.9 Å². The number of benzene rings is 7. The van der Waals surface area contributed by atoms with Crippen LogP contribution in [-0.4, -0.2) is 19.5 Å². The zero-order valence-electron chi connectivity index (χ0n) is 30.2. The number of fused-ring (bicyclic) bond motifs is 14. The van der Waals surface area contributed by atoms with Crippen molar-refractivity contribution in [2.75, 3.05) is 0 Å². The van der Waals surface area contributed by atoms with Crippen LogP contribution in [0.1, 0.15) is 25.0 Å². The molecular weight excluding hydrogens is 689 g/mol. The van der Waals surface area contributed by atoms with Crippen LogP contribution in [-0.2, 0) is 5.41 Å². The van der Waals surface area contributed by atoms with Crippen LogP contribution in [0.15, 0.2) is 158 Å². The summed E-state index contributed by atoms with van der Waals surface area (Å²) < 4.78 is 5.08. The van der Waals surface area contributed by atoms with E-state index in [-0.39, 0.29) is 5.41 Å². The zero-order valence-corrected chi connectivity index (χ0v) is 31.0. The fourth-order valence-electron chi connectivity index (χ4n) is 9.34. The predicted molar refractivity (Wildman–Crippen MR) is 231 cm³/mol. The fourth-order valence-corrected chi connectivity index (χ4v) is 10.6. The molecule has 258 valence electrons. The third-order valence-electron chi connectivity index (χ3n) is 11.8. The average molecular weight is 721 g/mol. The van der Waals surface area contributed by atoms with Gasteiger partial charge in [0.15, 0.2) is 11.5 Å². The van der Waals surface area contributed by atoms with Gasteiger partial charge < -0.3 is 4.57 Å². The first-order valence-electron chi connectivity index (χ1n) is 18.8. The van der Waals surface area contributed by atoms with E-state index in [1.165, 1.54) is 75.0 Å². The molecule has 0 amide bonds. The minimum atomic E-state index is -0.117. The van der Waals surface area contributed by atoms with Crippen molar-refractivity contribution >= 4 is 75.1 Å². The Hall–Kier alpha value is -6.69. The monoisotopic (exact) mass is 720 g/mol. The average Bonchev–Trinajstić information content (AvgIpc) is 3.87. The Labute approximate surface area is 321 Å². The number of thiophene rings is 1. The first-order valence-corrected chi connectivity index (χ1v) is 19.6. The van der Waals surface area contributed by atoms with E-state index in [1.54, 1.807) is 0 Å². The molecule has 0 saturated carbocycles. The summed E-state index contributed by atoms with van der Waals surface area (Å²) in [7, 11) is 0. The standard InChI is InChI=1S/C50H32N4S/c1-50(2)39-21-8-5-15-32(39)33-25-24-29(28-40(33)50)45-38-20-12-26-51-49(38)53-48(52-45)30-13-11-14-31(27-30)54-41-22-9-6-18-36(41)44-46(54)35-17-4-3-16-34(35)43-37-19-7-10-23-42(37)55-47(43)44/h3-28H,1-2H3. The lowest BCUT2D eigenvalue weighted by molar-refractivity contribution is 0.660. The van der Waals surface area contributed by atoms with Crippen molar-refractivity contribution in [3.8, 4) is 39.5 Å². The molecule has 0 radical (unpaired) electrons. The summed E-state index contributed by atoms with van der Waals surface area (Å²) in [5.41, 5.74) is 12.2. The second-order valence-corrected chi connectivity index (χ2v) is 16.2. The van der Waals surface area contributed by atoms with Gasteiger partial charge in [0.2, 0.25) is 0 Å². The number of para-hydroxylation sites is 1. The van der Waals surface area contributed by atoms with Crippen molar-refractivity contribution in [2.45, 2.75) is 19.3 Å². The Morgan fingerprint density at radius 3 is 2.20 bits per heavy atom. The minimum Gasteiger partial charge on any atom is -0.309 e. The van der Waals surface area contributed by atoms with Crippen molar-refractivity contribution in [3.05, 3.63) is 169 Å². The summed E-state index contributed by atoms with van der Waals surface area (Å²) in [4.78, 5) is 15.2. The summed E-state index contributed by atoms with van der Waals surface area (Å²) in [5.74, 6) is 0.656. The third kappa shape index (κ3) is 4.24. The zero-order chi connectivity index (χ0) is 36.4. The molecule has 0 fully saturated rings. The van der Waals surface area contributed by atoms with Gasteiger partial charge in [-0.2, -0.15) is 0 Å². The molecule has 0 saturated heterocycles. The summed E-state index contributed by atoms with van der Waals surface area (Å²) in [6.07, 6.45) is 1.82. The SMILES string of the molecule is CC1(C)c2ccccc2-c2ccc(-c3nc(-c4cccc(-n5c6ccccc6c6c7sc8ccccc8c7c7ccccc7c65)c4)nc4ncccc34)cc21. The van der Waals surface area contributed by atoms with Gasteiger partial charge in [0.25, 0.3) is 0 Å². The van der Waals surface area contributed by atoms with Crippen LogP contribution >= 0.6 is 11.3 Å². The molecule has 0 aliphatic heterocycles. The molecule has 11 aromatic rings. The van der Waals surface area contributed by atoms with Crippen LogP contribution in [0.5, 0.6) is 0 Å². The van der Waals surface area contributed by atoms with E-state index >= 15 is 0 Å². The summed E-state index contributed by atoms with van der Waals surface area (Å²) in [6.45, 7) is 4.64. The lowest BCUT2D eigenvalue weighted by atomic mass is 9.82. The fraction of sp³-hybridized carbons (Fsp3) is 0.0600. The highest BCUT2D eigenvalue weighted by atomic mass is 32.1. The molecule has 0 unspecified atom stereocenters. The maximum atomic E-state index is 5.37. The highest BCUT2D eigenvalue weighted by molar-refractivity contribution is 7.27. The molecule has 4 heterocycles. The Balaban J connectivity index is 1.09. The Bertz CT molecular complexity index is 3420. The molecule has 1 aliphatic carbocycles. The number of pyridine rings is 1. The third-order valence-corrected chi connectivity index (χ3v) is 13.0. The summed E-state index contributed by atoms with van der Waals surface area (Å²) in [5, 5.41) is 8.66. The molecule has 1 aliphatic rings. The summed E-state index contributed by atoms with van der Waals surface area (Å²) in [6, 6.07) is 54.9. The first kappa shape index (κ1) is 30.7. The van der Waals surface area contributed by atoms with E-state index < -0.39 is 0 Å². The van der Waals surface area contributed by atoms with Gasteiger partial charge >= 0.3 is 0 Å². The Morgan fingerprint density at radius 2 is 1.29 bits per heavy atom. The molecule has 55 heavy (non-hydrogen) atoms. The van der Waals surface area contributed by atoms with Crippen LogP contribution in [0, 0.1) is 0 Å². The molecule has 0 atom stereocenters. The van der Waals surface area contributed by atoms with Crippen molar-refractivity contribution in [2.24, 2.45) is 0 Å². The van der Waals surface area contributed by atoms with E-state index in [2.05, 4.69) is 164 Å². The number of rotatable bonds is 3. The van der Waals surface area contributed by atoms with Gasteiger partial charge in [-0.3, -0.25) is 0 Å². The van der Waals surface area contributed by atoms with Gasteiger partial charge in [-0.1, -0.05) is 123 Å². The topological polar surface area (TPSA) is 43.6 Å². The predicted octanol–water partition coefficient (Wildman–Crippen LogP) is 13.3. The largest absolute Gasteiger partial charge is 0.309 e. The number of nitrogens with zero attached hydrogens (tertiary/aromatic N) is 4. The number of aromatic nitrogens is 4. The molecule has 12 rings (SSSR count). The van der Waals surface area contributed by atoms with E-state index in [9.17, 15) is 0 Å². The first-order chi connectivity index (χ1) is 27.0. The highest BCUT2D eigenvalue weighted by Crippen LogP contribution is 2.50. The van der Waals surface area contributed by atoms with Crippen LogP contribution in [0.4, 0.5) is 0 Å². The second kappa shape index (κ2) is 11.2. The number of hydrogen-bond donors (Lipinski definition) is 0. The molecule has 7 aromatic carbocycles. The highest BCUT2D eigenvalue weighted by Gasteiger charge is 2.35. The van der Waals surface area contributed by atoms with Gasteiger partial charge in [-0.25, -0.2) is 15.0 Å². The lowest BCUT2D eigenvalue weighted by Gasteiger charge is -2.22.